The Kier molecular flexibility index (Phi) is 5.89. The van der Waals surface area contributed by atoms with E-state index in [1.165, 1.54) is 22.3 Å². The average Bonchev–Trinajstić information content (AvgIpc) is 3.13. The van der Waals surface area contributed by atoms with Crippen molar-refractivity contribution < 1.29 is 8.42 Å². The molecule has 0 bridgehead atoms. The molecule has 0 saturated heterocycles. The fourth-order valence-electron chi connectivity index (χ4n) is 4.01. The lowest BCUT2D eigenvalue weighted by atomic mass is 10.00. The Morgan fingerprint density at radius 2 is 1.60 bits per heavy atom. The number of fused-ring (bicyclic) bond motifs is 1. The van der Waals surface area contributed by atoms with Crippen molar-refractivity contribution >= 4 is 16.1 Å². The molecule has 30 heavy (non-hydrogen) atoms. The van der Waals surface area contributed by atoms with Gasteiger partial charge in [0.15, 0.2) is 0 Å². The number of hydrogen-bond donors (Lipinski definition) is 0. The topological polar surface area (TPSA) is 37.4 Å². The fourth-order valence-corrected chi connectivity index (χ4v) is 5.44. The number of allylic oxidation sites excluding steroid dienone is 1. The zero-order chi connectivity index (χ0) is 21.1. The van der Waals surface area contributed by atoms with E-state index < -0.39 is 10.0 Å². The zero-order valence-electron chi connectivity index (χ0n) is 17.5. The zero-order valence-corrected chi connectivity index (χ0v) is 18.3. The maximum atomic E-state index is 13.5. The van der Waals surface area contributed by atoms with Gasteiger partial charge in [-0.2, -0.15) is 4.31 Å². The predicted octanol–water partition coefficient (Wildman–Crippen LogP) is 5.39. The van der Waals surface area contributed by atoms with Crippen molar-refractivity contribution in [2.24, 2.45) is 0 Å². The van der Waals surface area contributed by atoms with Crippen LogP contribution < -0.4 is 0 Å². The fraction of sp³-hybridized carbons (Fsp3) is 0.231. The first-order valence-corrected chi connectivity index (χ1v) is 11.8. The molecular formula is C26H27NO2S. The Bertz CT molecular complexity index is 1160. The minimum absolute atomic E-state index is 0.347. The molecule has 0 radical (unpaired) electrons. The van der Waals surface area contributed by atoms with Crippen LogP contribution in [0.4, 0.5) is 0 Å². The monoisotopic (exact) mass is 417 g/mol. The average molecular weight is 418 g/mol. The lowest BCUT2D eigenvalue weighted by Crippen LogP contribution is -2.32. The van der Waals surface area contributed by atoms with Gasteiger partial charge in [-0.1, -0.05) is 77.9 Å². The van der Waals surface area contributed by atoms with Crippen LogP contribution in [-0.4, -0.2) is 19.3 Å². The molecule has 0 aliphatic heterocycles. The van der Waals surface area contributed by atoms with Crippen LogP contribution in [0.3, 0.4) is 0 Å². The van der Waals surface area contributed by atoms with Crippen molar-refractivity contribution in [1.82, 2.24) is 4.31 Å². The highest BCUT2D eigenvalue weighted by Gasteiger charge is 2.25. The lowest BCUT2D eigenvalue weighted by molar-refractivity contribution is 0.409. The van der Waals surface area contributed by atoms with Crippen molar-refractivity contribution in [2.45, 2.75) is 38.1 Å². The summed E-state index contributed by atoms with van der Waals surface area (Å²) >= 11 is 0. The van der Waals surface area contributed by atoms with Crippen molar-refractivity contribution in [2.75, 3.05) is 6.54 Å². The summed E-state index contributed by atoms with van der Waals surface area (Å²) in [5.41, 5.74) is 7.22. The van der Waals surface area contributed by atoms with Crippen LogP contribution in [0.15, 0.2) is 83.3 Å². The minimum atomic E-state index is -3.59. The number of sulfonamides is 1. The van der Waals surface area contributed by atoms with Crippen LogP contribution >= 0.6 is 0 Å². The molecule has 1 aliphatic rings. The Balaban J connectivity index is 1.62. The molecule has 0 fully saturated rings. The van der Waals surface area contributed by atoms with E-state index in [-0.39, 0.29) is 0 Å². The highest BCUT2D eigenvalue weighted by atomic mass is 32.2. The van der Waals surface area contributed by atoms with Gasteiger partial charge in [-0.3, -0.25) is 0 Å². The van der Waals surface area contributed by atoms with E-state index in [9.17, 15) is 8.42 Å². The molecular weight excluding hydrogens is 390 g/mol. The normalized spacial score (nSPS) is 13.4. The summed E-state index contributed by atoms with van der Waals surface area (Å²) in [6, 6.07) is 23.3. The van der Waals surface area contributed by atoms with Crippen molar-refractivity contribution in [3.8, 4) is 0 Å². The summed E-state index contributed by atoms with van der Waals surface area (Å²) in [5.74, 6) is 0. The van der Waals surface area contributed by atoms with Crippen LogP contribution in [0.5, 0.6) is 0 Å². The third-order valence-corrected chi connectivity index (χ3v) is 7.52. The first-order chi connectivity index (χ1) is 14.4. The largest absolute Gasteiger partial charge is 0.243 e. The highest BCUT2D eigenvalue weighted by Crippen LogP contribution is 2.28. The van der Waals surface area contributed by atoms with E-state index in [4.69, 9.17) is 0 Å². The summed E-state index contributed by atoms with van der Waals surface area (Å²) in [5, 5.41) is 0. The summed E-state index contributed by atoms with van der Waals surface area (Å²) in [6.45, 7) is 4.92. The molecule has 0 saturated carbocycles. The summed E-state index contributed by atoms with van der Waals surface area (Å²) < 4.78 is 28.6. The minimum Gasteiger partial charge on any atom is -0.207 e. The molecule has 4 rings (SSSR count). The molecule has 0 amide bonds. The molecule has 3 aromatic rings. The van der Waals surface area contributed by atoms with Gasteiger partial charge in [-0.05, 0) is 61.1 Å². The number of nitrogens with zero attached hydrogens (tertiary/aromatic N) is 1. The molecule has 0 heterocycles. The highest BCUT2D eigenvalue weighted by molar-refractivity contribution is 7.89. The van der Waals surface area contributed by atoms with Gasteiger partial charge in [0.05, 0.1) is 4.90 Å². The van der Waals surface area contributed by atoms with Crippen molar-refractivity contribution in [3.63, 3.8) is 0 Å². The molecule has 4 heteroatoms. The standard InChI is InChI=1S/C26H27NO2S/c1-20-11-13-25(14-12-20)30(28,29)27(19-22-7-4-3-5-8-22)16-15-23-9-6-10-24-17-21(2)18-26(23)24/h3-14,17H,15-16,18-19H2,1-2H3. The van der Waals surface area contributed by atoms with Gasteiger partial charge in [-0.15, -0.1) is 0 Å². The third kappa shape index (κ3) is 4.40. The van der Waals surface area contributed by atoms with Gasteiger partial charge in [0, 0.05) is 13.1 Å². The smallest absolute Gasteiger partial charge is 0.207 e. The Morgan fingerprint density at radius 1 is 0.867 bits per heavy atom. The van der Waals surface area contributed by atoms with E-state index in [1.54, 1.807) is 16.4 Å². The van der Waals surface area contributed by atoms with Crippen molar-refractivity contribution in [3.05, 3.63) is 106 Å². The summed E-state index contributed by atoms with van der Waals surface area (Å²) in [4.78, 5) is 0.347. The molecule has 154 valence electrons. The number of hydrogen-bond acceptors (Lipinski definition) is 2. The molecule has 1 aliphatic carbocycles. The van der Waals surface area contributed by atoms with E-state index in [0.29, 0.717) is 24.4 Å². The third-order valence-electron chi connectivity index (χ3n) is 5.66. The second-order valence-electron chi connectivity index (χ2n) is 8.04. The summed E-state index contributed by atoms with van der Waals surface area (Å²) in [7, 11) is -3.59. The number of aryl methyl sites for hydroxylation is 1. The maximum Gasteiger partial charge on any atom is 0.243 e. The maximum absolute atomic E-state index is 13.5. The quantitative estimate of drug-likeness (QED) is 0.517. The molecule has 0 spiro atoms. The Morgan fingerprint density at radius 3 is 2.33 bits per heavy atom. The molecule has 3 nitrogen and oxygen atoms in total. The van der Waals surface area contributed by atoms with Crippen LogP contribution in [0, 0.1) is 6.92 Å². The van der Waals surface area contributed by atoms with Gasteiger partial charge in [0.2, 0.25) is 10.0 Å². The van der Waals surface area contributed by atoms with Crippen LogP contribution in [0.25, 0.3) is 6.08 Å². The predicted molar refractivity (Wildman–Crippen MR) is 123 cm³/mol. The van der Waals surface area contributed by atoms with Crippen molar-refractivity contribution in [1.29, 1.82) is 0 Å². The SMILES string of the molecule is CC1=Cc2cccc(CCN(Cc3ccccc3)S(=O)(=O)c3ccc(C)cc3)c2C1. The Labute approximate surface area is 179 Å². The van der Waals surface area contributed by atoms with Gasteiger partial charge in [0.1, 0.15) is 0 Å². The second-order valence-corrected chi connectivity index (χ2v) is 9.98. The molecule has 0 atom stereocenters. The van der Waals surface area contributed by atoms with Crippen LogP contribution in [0.2, 0.25) is 0 Å². The van der Waals surface area contributed by atoms with Gasteiger partial charge in [-0.25, -0.2) is 8.42 Å². The Hall–Kier alpha value is -2.69. The van der Waals surface area contributed by atoms with Gasteiger partial charge >= 0.3 is 0 Å². The molecule has 0 aromatic heterocycles. The van der Waals surface area contributed by atoms with E-state index in [1.807, 2.05) is 49.4 Å². The first kappa shape index (κ1) is 20.6. The molecule has 0 N–H and O–H groups in total. The van der Waals surface area contributed by atoms with E-state index in [2.05, 4.69) is 31.2 Å². The van der Waals surface area contributed by atoms with Crippen LogP contribution in [-0.2, 0) is 29.4 Å². The van der Waals surface area contributed by atoms with Gasteiger partial charge in [0.25, 0.3) is 0 Å². The first-order valence-electron chi connectivity index (χ1n) is 10.3. The number of benzene rings is 3. The molecule has 3 aromatic carbocycles. The summed E-state index contributed by atoms with van der Waals surface area (Å²) in [6.07, 6.45) is 3.88. The number of rotatable bonds is 7. The second kappa shape index (κ2) is 8.58. The lowest BCUT2D eigenvalue weighted by Gasteiger charge is -2.23. The van der Waals surface area contributed by atoms with Gasteiger partial charge < -0.3 is 0 Å². The van der Waals surface area contributed by atoms with Crippen LogP contribution in [0.1, 0.15) is 34.7 Å². The molecule has 0 unspecified atom stereocenters. The van der Waals surface area contributed by atoms with E-state index >= 15 is 0 Å². The van der Waals surface area contributed by atoms with E-state index in [0.717, 1.165) is 17.5 Å².